The minimum absolute atomic E-state index is 0. The molecule has 298 valence electrons. The van der Waals surface area contributed by atoms with Gasteiger partial charge in [-0.15, -0.1) is 53.6 Å². The van der Waals surface area contributed by atoms with E-state index in [4.69, 9.17) is 9.72 Å². The Morgan fingerprint density at radius 2 is 1.29 bits per heavy atom. The Balaban J connectivity index is 0.00000449. The van der Waals surface area contributed by atoms with Crippen molar-refractivity contribution < 1.29 is 25.8 Å². The molecule has 2 aromatic heterocycles. The van der Waals surface area contributed by atoms with Crippen LogP contribution in [0, 0.1) is 18.8 Å². The van der Waals surface area contributed by atoms with Crippen LogP contribution < -0.4 is 14.5 Å². The molecule has 1 aliphatic heterocycles. The third-order valence-corrected chi connectivity index (χ3v) is 12.0. The van der Waals surface area contributed by atoms with E-state index in [2.05, 4.69) is 210 Å². The van der Waals surface area contributed by atoms with Crippen molar-refractivity contribution in [1.82, 2.24) is 9.55 Å². The summed E-state index contributed by atoms with van der Waals surface area (Å²) in [6.45, 7) is 20.3. The third kappa shape index (κ3) is 6.37. The van der Waals surface area contributed by atoms with Gasteiger partial charge in [-0.2, -0.15) is 6.07 Å². The molecule has 6 heteroatoms. The molecule has 0 bridgehead atoms. The van der Waals surface area contributed by atoms with Crippen molar-refractivity contribution in [2.45, 2.75) is 71.6 Å². The van der Waals surface area contributed by atoms with Gasteiger partial charge in [0, 0.05) is 66.8 Å². The zero-order valence-electron chi connectivity index (χ0n) is 34.8. The Morgan fingerprint density at radius 3 is 2.07 bits per heavy atom. The summed E-state index contributed by atoms with van der Waals surface area (Å²) in [6, 6.07) is 52.8. The molecule has 0 saturated heterocycles. The molecule has 3 heterocycles. The number of rotatable bonds is 5. The van der Waals surface area contributed by atoms with E-state index in [1.807, 2.05) is 12.3 Å². The molecule has 10 rings (SSSR count). The SMILES string of the molecule is CC(C)(C)c1cc(Oc2[c-]c3c(cc2)c2ccccc2n3-c2cc(C(C)(C)C)ccn2)[c-]c(N2[CH-]N(c3cccc4c3C(C)(C)c3ccccc3-4)c3ccccc32)c1.[Pt]. The number of ether oxygens (including phenoxy) is 1. The number of para-hydroxylation sites is 3. The molecular formula is C53H47N4OPt-3. The van der Waals surface area contributed by atoms with Crippen LogP contribution in [0.15, 0.2) is 134 Å². The first-order chi connectivity index (χ1) is 27.8. The molecule has 0 N–H and O–H groups in total. The number of anilines is 4. The summed E-state index contributed by atoms with van der Waals surface area (Å²) < 4.78 is 9.02. The first-order valence-electron chi connectivity index (χ1n) is 20.2. The van der Waals surface area contributed by atoms with Gasteiger partial charge in [-0.25, -0.2) is 4.98 Å². The standard InChI is InChI=1S/C53H47N4O.Pt/c1-51(2,3)34-26-27-54-49(30-34)57-44-20-12-10-17-40(44)41-25-24-37(32-48(41)57)58-38-29-35(52(4,5)6)28-36(31-38)55-33-56(46-22-14-13-21-45(46)55)47-23-15-18-42-39-16-9-11-19-43(39)53(7,8)50(42)47;/h9-30,33H,1-8H3;/q-3;. The van der Waals surface area contributed by atoms with Crippen LogP contribution in [0.3, 0.4) is 0 Å². The van der Waals surface area contributed by atoms with Crippen molar-refractivity contribution in [2.24, 2.45) is 0 Å². The van der Waals surface area contributed by atoms with E-state index in [9.17, 15) is 0 Å². The first-order valence-corrected chi connectivity index (χ1v) is 20.2. The molecule has 0 amide bonds. The maximum absolute atomic E-state index is 6.81. The van der Waals surface area contributed by atoms with Gasteiger partial charge in [0.15, 0.2) is 0 Å². The quantitative estimate of drug-likeness (QED) is 0.161. The molecular weight excluding hydrogens is 904 g/mol. The molecule has 5 nitrogen and oxygen atoms in total. The van der Waals surface area contributed by atoms with Gasteiger partial charge in [0.25, 0.3) is 0 Å². The average molecular weight is 951 g/mol. The van der Waals surface area contributed by atoms with Gasteiger partial charge in [0.2, 0.25) is 0 Å². The van der Waals surface area contributed by atoms with E-state index in [1.165, 1.54) is 33.5 Å². The maximum Gasteiger partial charge on any atom is 0.135 e. The van der Waals surface area contributed by atoms with E-state index >= 15 is 0 Å². The Hall–Kier alpha value is -5.64. The molecule has 0 saturated carbocycles. The summed E-state index contributed by atoms with van der Waals surface area (Å²) in [5, 5.41) is 2.25. The smallest absolute Gasteiger partial charge is 0.135 e. The number of nitrogens with zero attached hydrogens (tertiary/aromatic N) is 4. The summed E-state index contributed by atoms with van der Waals surface area (Å²) in [4.78, 5) is 9.48. The monoisotopic (exact) mass is 950 g/mol. The van der Waals surface area contributed by atoms with Gasteiger partial charge in [0.1, 0.15) is 5.82 Å². The fourth-order valence-corrected chi connectivity index (χ4v) is 8.96. The number of pyridine rings is 1. The van der Waals surface area contributed by atoms with Gasteiger partial charge in [-0.3, -0.25) is 0 Å². The van der Waals surface area contributed by atoms with Crippen LogP contribution in [0.5, 0.6) is 11.5 Å². The molecule has 0 fully saturated rings. The van der Waals surface area contributed by atoms with Crippen LogP contribution in [-0.2, 0) is 37.3 Å². The molecule has 0 radical (unpaired) electrons. The van der Waals surface area contributed by atoms with Crippen molar-refractivity contribution in [3.63, 3.8) is 0 Å². The minimum atomic E-state index is -0.160. The van der Waals surface area contributed by atoms with Gasteiger partial charge < -0.3 is 19.1 Å². The third-order valence-electron chi connectivity index (χ3n) is 12.0. The van der Waals surface area contributed by atoms with Crippen LogP contribution in [0.25, 0.3) is 38.8 Å². The topological polar surface area (TPSA) is 33.5 Å². The first kappa shape index (κ1) is 38.9. The number of aromatic nitrogens is 2. The normalized spacial score (nSPS) is 14.3. The summed E-state index contributed by atoms with van der Waals surface area (Å²) in [5.41, 5.74) is 13.6. The fourth-order valence-electron chi connectivity index (χ4n) is 8.96. The number of fused-ring (bicyclic) bond motifs is 7. The van der Waals surface area contributed by atoms with Gasteiger partial charge in [-0.1, -0.05) is 128 Å². The average Bonchev–Trinajstić information content (AvgIpc) is 3.83. The number of benzene rings is 6. The number of hydrogen-bond acceptors (Lipinski definition) is 4. The van der Waals surface area contributed by atoms with Crippen LogP contribution in [0.1, 0.15) is 77.6 Å². The largest absolute Gasteiger partial charge is 0.509 e. The molecule has 8 aromatic rings. The summed E-state index contributed by atoms with van der Waals surface area (Å²) in [7, 11) is 0. The van der Waals surface area contributed by atoms with Crippen molar-refractivity contribution in [1.29, 1.82) is 0 Å². The molecule has 59 heavy (non-hydrogen) atoms. The van der Waals surface area contributed by atoms with E-state index < -0.39 is 0 Å². The zero-order valence-corrected chi connectivity index (χ0v) is 37.1. The summed E-state index contributed by atoms with van der Waals surface area (Å²) in [6.07, 6.45) is 1.91. The fraction of sp³-hybridized carbons (Fsp3) is 0.208. The van der Waals surface area contributed by atoms with Crippen LogP contribution in [-0.4, -0.2) is 9.55 Å². The van der Waals surface area contributed by atoms with E-state index in [0.29, 0.717) is 11.5 Å². The zero-order chi connectivity index (χ0) is 40.1. The van der Waals surface area contributed by atoms with E-state index in [1.54, 1.807) is 0 Å². The Kier molecular flexibility index (Phi) is 9.21. The molecule has 2 aliphatic rings. The summed E-state index contributed by atoms with van der Waals surface area (Å²) in [5.74, 6) is 2.11. The molecule has 0 unspecified atom stereocenters. The molecule has 0 spiro atoms. The van der Waals surface area contributed by atoms with E-state index in [-0.39, 0.29) is 37.3 Å². The second kappa shape index (κ2) is 14.0. The van der Waals surface area contributed by atoms with Crippen LogP contribution >= 0.6 is 0 Å². The van der Waals surface area contributed by atoms with Gasteiger partial charge >= 0.3 is 0 Å². The Morgan fingerprint density at radius 1 is 0.610 bits per heavy atom. The molecule has 1 aliphatic carbocycles. The number of hydrogen-bond donors (Lipinski definition) is 0. The van der Waals surface area contributed by atoms with Crippen molar-refractivity contribution in [3.05, 3.63) is 175 Å². The predicted octanol–water partition coefficient (Wildman–Crippen LogP) is 13.9. The van der Waals surface area contributed by atoms with Crippen molar-refractivity contribution >= 4 is 44.6 Å². The van der Waals surface area contributed by atoms with Gasteiger partial charge in [0.05, 0.1) is 0 Å². The van der Waals surface area contributed by atoms with Crippen LogP contribution in [0.4, 0.5) is 22.7 Å². The second-order valence-corrected chi connectivity index (χ2v) is 18.3. The predicted molar refractivity (Wildman–Crippen MR) is 239 cm³/mol. The summed E-state index contributed by atoms with van der Waals surface area (Å²) >= 11 is 0. The second-order valence-electron chi connectivity index (χ2n) is 18.3. The van der Waals surface area contributed by atoms with Crippen molar-refractivity contribution in [2.75, 3.05) is 9.80 Å². The Labute approximate surface area is 362 Å². The van der Waals surface area contributed by atoms with Crippen LogP contribution in [0.2, 0.25) is 0 Å². The van der Waals surface area contributed by atoms with E-state index in [0.717, 1.165) is 50.2 Å². The molecule has 6 aromatic carbocycles. The minimum Gasteiger partial charge on any atom is -0.509 e. The van der Waals surface area contributed by atoms with Gasteiger partial charge in [-0.05, 0) is 80.4 Å². The maximum atomic E-state index is 6.81. The van der Waals surface area contributed by atoms with Crippen molar-refractivity contribution in [3.8, 4) is 28.4 Å². The molecule has 0 atom stereocenters. The Bertz CT molecular complexity index is 2930.